The monoisotopic (exact) mass is 300 g/mol. The fourth-order valence-corrected chi connectivity index (χ4v) is 3.04. The lowest BCUT2D eigenvalue weighted by Crippen LogP contribution is -2.34. The van der Waals surface area contributed by atoms with E-state index in [1.54, 1.807) is 12.1 Å². The summed E-state index contributed by atoms with van der Waals surface area (Å²) >= 11 is 3.16. The molecule has 1 heterocycles. The predicted octanol–water partition coefficient (Wildman–Crippen LogP) is 3.94. The largest absolute Gasteiger partial charge is 0.397 e. The van der Waals surface area contributed by atoms with E-state index in [4.69, 9.17) is 5.73 Å². The molecule has 1 aliphatic rings. The molecule has 4 heteroatoms. The van der Waals surface area contributed by atoms with Crippen molar-refractivity contribution in [1.82, 2.24) is 0 Å². The number of hydrogen-bond donors (Lipinski definition) is 1. The average molecular weight is 301 g/mol. The van der Waals surface area contributed by atoms with Gasteiger partial charge in [0, 0.05) is 18.2 Å². The number of nitrogens with zero attached hydrogens (tertiary/aromatic N) is 1. The minimum absolute atomic E-state index is 0.247. The normalized spacial score (nSPS) is 24.4. The number of rotatable bonds is 2. The van der Waals surface area contributed by atoms with E-state index >= 15 is 0 Å². The molecule has 1 aromatic carbocycles. The Morgan fingerprint density at radius 2 is 2.18 bits per heavy atom. The number of nitrogen functional groups attached to an aromatic ring is 1. The molecule has 0 amide bonds. The van der Waals surface area contributed by atoms with Crippen LogP contribution in [0.1, 0.15) is 33.1 Å². The Kier molecular flexibility index (Phi) is 3.61. The summed E-state index contributed by atoms with van der Waals surface area (Å²) in [5.41, 5.74) is 7.49. The molecule has 94 valence electrons. The summed E-state index contributed by atoms with van der Waals surface area (Å²) in [5.74, 6) is -0.247. The maximum atomic E-state index is 13.6. The Morgan fingerprint density at radius 1 is 1.47 bits per heavy atom. The number of nitrogens with two attached hydrogens (primary N) is 1. The Morgan fingerprint density at radius 3 is 2.82 bits per heavy atom. The zero-order chi connectivity index (χ0) is 12.6. The van der Waals surface area contributed by atoms with Crippen molar-refractivity contribution < 1.29 is 4.39 Å². The molecule has 1 aromatic rings. The third-order valence-corrected chi connectivity index (χ3v) is 4.21. The molecule has 0 radical (unpaired) electrons. The average Bonchev–Trinajstić information content (AvgIpc) is 2.65. The second-order valence-corrected chi connectivity index (χ2v) is 5.58. The maximum absolute atomic E-state index is 13.6. The van der Waals surface area contributed by atoms with E-state index in [2.05, 4.69) is 34.7 Å². The van der Waals surface area contributed by atoms with Crippen molar-refractivity contribution in [2.45, 2.75) is 45.2 Å². The van der Waals surface area contributed by atoms with Crippen LogP contribution in [0.3, 0.4) is 0 Å². The Hall–Kier alpha value is -0.770. The summed E-state index contributed by atoms with van der Waals surface area (Å²) in [6.45, 7) is 4.34. The topological polar surface area (TPSA) is 29.3 Å². The first-order valence-corrected chi connectivity index (χ1v) is 6.86. The van der Waals surface area contributed by atoms with Crippen LogP contribution in [0, 0.1) is 5.82 Å². The molecule has 0 saturated carbocycles. The summed E-state index contributed by atoms with van der Waals surface area (Å²) in [6, 6.07) is 4.11. The lowest BCUT2D eigenvalue weighted by Gasteiger charge is -2.31. The van der Waals surface area contributed by atoms with E-state index in [0.717, 1.165) is 24.9 Å². The van der Waals surface area contributed by atoms with Gasteiger partial charge in [0.1, 0.15) is 5.82 Å². The number of benzene rings is 1. The zero-order valence-electron chi connectivity index (χ0n) is 10.2. The van der Waals surface area contributed by atoms with Crippen LogP contribution < -0.4 is 10.6 Å². The molecule has 17 heavy (non-hydrogen) atoms. The molecule has 2 unspecified atom stereocenters. The summed E-state index contributed by atoms with van der Waals surface area (Å²) in [7, 11) is 0. The van der Waals surface area contributed by atoms with Gasteiger partial charge in [-0.15, -0.1) is 0 Å². The highest BCUT2D eigenvalue weighted by Gasteiger charge is 2.30. The van der Waals surface area contributed by atoms with Crippen LogP contribution in [0.4, 0.5) is 15.8 Å². The lowest BCUT2D eigenvalue weighted by molar-refractivity contribution is 0.607. The van der Waals surface area contributed by atoms with Crippen molar-refractivity contribution in [2.75, 3.05) is 10.6 Å². The first-order chi connectivity index (χ1) is 8.04. The molecule has 0 spiro atoms. The van der Waals surface area contributed by atoms with Gasteiger partial charge in [-0.1, -0.05) is 6.92 Å². The third kappa shape index (κ3) is 2.28. The van der Waals surface area contributed by atoms with E-state index in [9.17, 15) is 4.39 Å². The molecule has 1 aliphatic heterocycles. The summed E-state index contributed by atoms with van der Waals surface area (Å²) in [5, 5.41) is 0. The van der Waals surface area contributed by atoms with Crippen LogP contribution in [0.5, 0.6) is 0 Å². The smallest absolute Gasteiger partial charge is 0.139 e. The summed E-state index contributed by atoms with van der Waals surface area (Å²) < 4.78 is 14.1. The van der Waals surface area contributed by atoms with Crippen LogP contribution >= 0.6 is 15.9 Å². The maximum Gasteiger partial charge on any atom is 0.139 e. The van der Waals surface area contributed by atoms with Crippen molar-refractivity contribution in [3.63, 3.8) is 0 Å². The highest BCUT2D eigenvalue weighted by molar-refractivity contribution is 9.10. The van der Waals surface area contributed by atoms with Gasteiger partial charge in [0.25, 0.3) is 0 Å². The van der Waals surface area contributed by atoms with Crippen molar-refractivity contribution in [3.8, 4) is 0 Å². The van der Waals surface area contributed by atoms with Crippen LogP contribution in [0.15, 0.2) is 16.6 Å². The molecule has 2 N–H and O–H groups in total. The number of hydrogen-bond acceptors (Lipinski definition) is 2. The summed E-state index contributed by atoms with van der Waals surface area (Å²) in [4.78, 5) is 2.27. The minimum Gasteiger partial charge on any atom is -0.397 e. The Labute approximate surface area is 110 Å². The van der Waals surface area contributed by atoms with Gasteiger partial charge in [-0.25, -0.2) is 4.39 Å². The molecule has 2 atom stereocenters. The molecule has 2 nitrogen and oxygen atoms in total. The zero-order valence-corrected chi connectivity index (χ0v) is 11.8. The molecule has 2 rings (SSSR count). The minimum atomic E-state index is -0.247. The van der Waals surface area contributed by atoms with Crippen molar-refractivity contribution >= 4 is 27.3 Å². The Bertz CT molecular complexity index is 422. The highest BCUT2D eigenvalue weighted by atomic mass is 79.9. The van der Waals surface area contributed by atoms with Crippen LogP contribution in [-0.2, 0) is 0 Å². The third-order valence-electron chi connectivity index (χ3n) is 3.60. The predicted molar refractivity (Wildman–Crippen MR) is 73.8 cm³/mol. The first kappa shape index (κ1) is 12.7. The van der Waals surface area contributed by atoms with Gasteiger partial charge in [-0.2, -0.15) is 0 Å². The van der Waals surface area contributed by atoms with Gasteiger partial charge >= 0.3 is 0 Å². The molecule has 0 aromatic heterocycles. The van der Waals surface area contributed by atoms with Gasteiger partial charge in [0.15, 0.2) is 0 Å². The molecule has 0 bridgehead atoms. The van der Waals surface area contributed by atoms with Gasteiger partial charge < -0.3 is 10.6 Å². The van der Waals surface area contributed by atoms with Gasteiger partial charge in [0.2, 0.25) is 0 Å². The molecular formula is C13H18BrFN2. The van der Waals surface area contributed by atoms with Crippen molar-refractivity contribution in [2.24, 2.45) is 0 Å². The SMILES string of the molecule is CCC1CCC(C)N1c1cc(F)c(Br)cc1N. The van der Waals surface area contributed by atoms with E-state index in [-0.39, 0.29) is 5.82 Å². The fourth-order valence-electron chi connectivity index (χ4n) is 2.68. The molecular weight excluding hydrogens is 283 g/mol. The van der Waals surface area contributed by atoms with E-state index in [0.29, 0.717) is 22.2 Å². The van der Waals surface area contributed by atoms with Gasteiger partial charge in [-0.05, 0) is 48.2 Å². The van der Waals surface area contributed by atoms with Crippen LogP contribution in [0.2, 0.25) is 0 Å². The molecule has 1 saturated heterocycles. The van der Waals surface area contributed by atoms with E-state index < -0.39 is 0 Å². The Balaban J connectivity index is 2.42. The van der Waals surface area contributed by atoms with Crippen LogP contribution in [0.25, 0.3) is 0 Å². The van der Waals surface area contributed by atoms with Crippen LogP contribution in [-0.4, -0.2) is 12.1 Å². The van der Waals surface area contributed by atoms with Crippen molar-refractivity contribution in [3.05, 3.63) is 22.4 Å². The van der Waals surface area contributed by atoms with E-state index in [1.807, 2.05) is 0 Å². The standard InChI is InChI=1S/C13H18BrFN2/c1-3-9-5-4-8(2)17(9)13-7-11(15)10(14)6-12(13)16/h6-9H,3-5,16H2,1-2H3. The first-order valence-electron chi connectivity index (χ1n) is 6.07. The number of anilines is 2. The van der Waals surface area contributed by atoms with Gasteiger partial charge in [0.05, 0.1) is 15.8 Å². The second-order valence-electron chi connectivity index (χ2n) is 4.72. The van der Waals surface area contributed by atoms with Gasteiger partial charge in [-0.3, -0.25) is 0 Å². The van der Waals surface area contributed by atoms with E-state index in [1.165, 1.54) is 0 Å². The fraction of sp³-hybridized carbons (Fsp3) is 0.538. The number of halogens is 2. The molecule has 1 fully saturated rings. The van der Waals surface area contributed by atoms with Crippen molar-refractivity contribution in [1.29, 1.82) is 0 Å². The lowest BCUT2D eigenvalue weighted by atomic mass is 10.1. The highest BCUT2D eigenvalue weighted by Crippen LogP contribution is 2.37. The second kappa shape index (κ2) is 4.84. The summed E-state index contributed by atoms with van der Waals surface area (Å²) in [6.07, 6.45) is 3.38. The molecule has 0 aliphatic carbocycles. The quantitative estimate of drug-likeness (QED) is 0.838.